The number of benzene rings is 1. The molecular formula is C20H25N3O3. The van der Waals surface area contributed by atoms with Gasteiger partial charge in [-0.05, 0) is 49.1 Å². The van der Waals surface area contributed by atoms with Crippen molar-refractivity contribution in [3.8, 4) is 0 Å². The Morgan fingerprint density at radius 2 is 2.04 bits per heavy atom. The number of piperidine rings is 1. The van der Waals surface area contributed by atoms with Crippen molar-refractivity contribution in [2.45, 2.75) is 26.3 Å². The average molecular weight is 355 g/mol. The fraction of sp³-hybridized carbons (Fsp3) is 0.400. The van der Waals surface area contributed by atoms with Crippen molar-refractivity contribution >= 4 is 17.5 Å². The van der Waals surface area contributed by atoms with Gasteiger partial charge >= 0.3 is 0 Å². The zero-order valence-electron chi connectivity index (χ0n) is 15.0. The van der Waals surface area contributed by atoms with Crippen LogP contribution < -0.4 is 10.6 Å². The third-order valence-electron chi connectivity index (χ3n) is 4.58. The van der Waals surface area contributed by atoms with Gasteiger partial charge in [-0.2, -0.15) is 0 Å². The van der Waals surface area contributed by atoms with E-state index in [1.807, 2.05) is 24.3 Å². The van der Waals surface area contributed by atoms with E-state index < -0.39 is 0 Å². The number of nitrogens with zero attached hydrogens (tertiary/aromatic N) is 1. The van der Waals surface area contributed by atoms with Crippen LogP contribution in [0.1, 0.15) is 35.7 Å². The highest BCUT2D eigenvalue weighted by atomic mass is 16.3. The molecule has 2 N–H and O–H groups in total. The van der Waals surface area contributed by atoms with Crippen molar-refractivity contribution in [3.05, 3.63) is 54.0 Å². The van der Waals surface area contributed by atoms with E-state index in [0.717, 1.165) is 31.2 Å². The molecule has 1 atom stereocenters. The van der Waals surface area contributed by atoms with Gasteiger partial charge in [-0.3, -0.25) is 14.5 Å². The monoisotopic (exact) mass is 355 g/mol. The molecule has 0 radical (unpaired) electrons. The van der Waals surface area contributed by atoms with Gasteiger partial charge in [0.2, 0.25) is 5.91 Å². The first-order valence-electron chi connectivity index (χ1n) is 9.01. The molecule has 0 aliphatic carbocycles. The molecule has 2 aromatic rings. The molecular weight excluding hydrogens is 330 g/mol. The van der Waals surface area contributed by atoms with E-state index in [2.05, 4.69) is 22.5 Å². The summed E-state index contributed by atoms with van der Waals surface area (Å²) >= 11 is 0. The summed E-state index contributed by atoms with van der Waals surface area (Å²) in [5.74, 6) is 0.166. The molecule has 26 heavy (non-hydrogen) atoms. The minimum Gasteiger partial charge on any atom is -0.472 e. The Morgan fingerprint density at radius 3 is 2.73 bits per heavy atom. The molecule has 6 heteroatoms. The molecule has 1 fully saturated rings. The molecule has 0 saturated carbocycles. The number of carbonyl (C=O) groups excluding carboxylic acids is 2. The summed E-state index contributed by atoms with van der Waals surface area (Å²) in [5.41, 5.74) is 2.36. The smallest absolute Gasteiger partial charge is 0.254 e. The standard InChI is InChI=1S/C20H25N3O3/c1-15-3-2-9-23(12-15)13-16-4-6-18(7-5-16)22-19(24)11-21-20(25)17-8-10-26-14-17/h4-8,10,14-15H,2-3,9,11-13H2,1H3,(H,21,25)(H,22,24). The maximum atomic E-state index is 12.0. The van der Waals surface area contributed by atoms with Gasteiger partial charge in [-0.1, -0.05) is 19.1 Å². The van der Waals surface area contributed by atoms with Crippen LogP contribution in [0, 0.1) is 5.92 Å². The Morgan fingerprint density at radius 1 is 1.23 bits per heavy atom. The van der Waals surface area contributed by atoms with E-state index in [4.69, 9.17) is 4.42 Å². The molecule has 6 nitrogen and oxygen atoms in total. The molecule has 1 aliphatic rings. The first-order chi connectivity index (χ1) is 12.6. The quantitative estimate of drug-likeness (QED) is 0.836. The lowest BCUT2D eigenvalue weighted by Crippen LogP contribution is -2.33. The molecule has 2 heterocycles. The van der Waals surface area contributed by atoms with Crippen molar-refractivity contribution in [1.29, 1.82) is 0 Å². The van der Waals surface area contributed by atoms with E-state index in [-0.39, 0.29) is 18.4 Å². The fourth-order valence-corrected chi connectivity index (χ4v) is 3.24. The van der Waals surface area contributed by atoms with Crippen molar-refractivity contribution < 1.29 is 14.0 Å². The van der Waals surface area contributed by atoms with Crippen molar-refractivity contribution in [2.24, 2.45) is 5.92 Å². The Hall–Kier alpha value is -2.60. The van der Waals surface area contributed by atoms with Gasteiger partial charge in [-0.25, -0.2) is 0 Å². The zero-order valence-corrected chi connectivity index (χ0v) is 15.0. The minimum atomic E-state index is -0.333. The Balaban J connectivity index is 1.44. The predicted molar refractivity (Wildman–Crippen MR) is 99.8 cm³/mol. The lowest BCUT2D eigenvalue weighted by atomic mass is 10.00. The minimum absolute atomic E-state index is 0.0859. The number of amides is 2. The highest BCUT2D eigenvalue weighted by Crippen LogP contribution is 2.18. The van der Waals surface area contributed by atoms with E-state index in [1.165, 1.54) is 30.9 Å². The topological polar surface area (TPSA) is 74.6 Å². The van der Waals surface area contributed by atoms with Gasteiger partial charge in [0.25, 0.3) is 5.91 Å². The van der Waals surface area contributed by atoms with Gasteiger partial charge < -0.3 is 15.1 Å². The SMILES string of the molecule is CC1CCCN(Cc2ccc(NC(=O)CNC(=O)c3ccoc3)cc2)C1. The second-order valence-electron chi connectivity index (χ2n) is 6.92. The molecule has 1 unspecified atom stereocenters. The molecule has 138 valence electrons. The van der Waals surface area contributed by atoms with Crippen LogP contribution in [0.25, 0.3) is 0 Å². The molecule has 0 bridgehead atoms. The van der Waals surface area contributed by atoms with Gasteiger partial charge in [0.05, 0.1) is 18.4 Å². The summed E-state index contributed by atoms with van der Waals surface area (Å²) < 4.78 is 4.84. The largest absolute Gasteiger partial charge is 0.472 e. The number of rotatable bonds is 6. The molecule has 1 aromatic carbocycles. The molecule has 3 rings (SSSR count). The van der Waals surface area contributed by atoms with Crippen LogP contribution in [0.15, 0.2) is 47.3 Å². The van der Waals surface area contributed by atoms with E-state index in [1.54, 1.807) is 6.07 Å². The van der Waals surface area contributed by atoms with Crippen LogP contribution in [-0.4, -0.2) is 36.3 Å². The van der Waals surface area contributed by atoms with Crippen LogP contribution in [0.2, 0.25) is 0 Å². The van der Waals surface area contributed by atoms with Crippen LogP contribution in [0.5, 0.6) is 0 Å². The third-order valence-corrected chi connectivity index (χ3v) is 4.58. The van der Waals surface area contributed by atoms with Crippen molar-refractivity contribution in [3.63, 3.8) is 0 Å². The third kappa shape index (κ3) is 5.20. The fourth-order valence-electron chi connectivity index (χ4n) is 3.24. The first-order valence-corrected chi connectivity index (χ1v) is 9.01. The molecule has 2 amide bonds. The maximum Gasteiger partial charge on any atom is 0.254 e. The van der Waals surface area contributed by atoms with Crippen LogP contribution >= 0.6 is 0 Å². The van der Waals surface area contributed by atoms with E-state index in [9.17, 15) is 9.59 Å². The second-order valence-corrected chi connectivity index (χ2v) is 6.92. The highest BCUT2D eigenvalue weighted by molar-refractivity contribution is 5.99. The Bertz CT molecular complexity index is 725. The van der Waals surface area contributed by atoms with E-state index in [0.29, 0.717) is 5.56 Å². The Labute approximate surface area is 153 Å². The maximum absolute atomic E-state index is 12.0. The van der Waals surface area contributed by atoms with Gasteiger partial charge in [0, 0.05) is 18.8 Å². The number of hydrogen-bond acceptors (Lipinski definition) is 4. The Kier molecular flexibility index (Phi) is 6.07. The second kappa shape index (κ2) is 8.67. The average Bonchev–Trinajstić information content (AvgIpc) is 3.16. The first kappa shape index (κ1) is 18.2. The summed E-state index contributed by atoms with van der Waals surface area (Å²) in [5, 5.41) is 5.35. The summed E-state index contributed by atoms with van der Waals surface area (Å²) in [4.78, 5) is 26.2. The summed E-state index contributed by atoms with van der Waals surface area (Å²) in [6.45, 7) is 5.46. The lowest BCUT2D eigenvalue weighted by molar-refractivity contribution is -0.115. The number of carbonyl (C=O) groups is 2. The van der Waals surface area contributed by atoms with Crippen LogP contribution in [-0.2, 0) is 11.3 Å². The zero-order chi connectivity index (χ0) is 18.4. The van der Waals surface area contributed by atoms with E-state index >= 15 is 0 Å². The molecule has 1 aromatic heterocycles. The van der Waals surface area contributed by atoms with Gasteiger partial charge in [-0.15, -0.1) is 0 Å². The summed E-state index contributed by atoms with van der Waals surface area (Å²) in [6, 6.07) is 9.43. The van der Waals surface area contributed by atoms with Crippen LogP contribution in [0.3, 0.4) is 0 Å². The van der Waals surface area contributed by atoms with Crippen molar-refractivity contribution in [2.75, 3.05) is 25.0 Å². The predicted octanol–water partition coefficient (Wildman–Crippen LogP) is 2.88. The number of hydrogen-bond donors (Lipinski definition) is 2. The highest BCUT2D eigenvalue weighted by Gasteiger charge is 2.16. The molecule has 0 spiro atoms. The lowest BCUT2D eigenvalue weighted by Gasteiger charge is -2.30. The molecule has 1 saturated heterocycles. The number of anilines is 1. The number of likely N-dealkylation sites (tertiary alicyclic amines) is 1. The number of furan rings is 1. The summed E-state index contributed by atoms with van der Waals surface area (Å²) in [7, 11) is 0. The van der Waals surface area contributed by atoms with Crippen LogP contribution in [0.4, 0.5) is 5.69 Å². The van der Waals surface area contributed by atoms with Gasteiger partial charge in [0.15, 0.2) is 0 Å². The van der Waals surface area contributed by atoms with Gasteiger partial charge in [0.1, 0.15) is 6.26 Å². The summed E-state index contributed by atoms with van der Waals surface area (Å²) in [6.07, 6.45) is 5.34. The molecule has 1 aliphatic heterocycles. The van der Waals surface area contributed by atoms with Crippen molar-refractivity contribution in [1.82, 2.24) is 10.2 Å². The number of nitrogens with one attached hydrogen (secondary N) is 2. The normalized spacial score (nSPS) is 17.7.